The van der Waals surface area contributed by atoms with E-state index in [1.165, 1.54) is 35.2 Å². The average molecular weight is 553 g/mol. The van der Waals surface area contributed by atoms with Crippen LogP contribution in [0.1, 0.15) is 31.4 Å². The van der Waals surface area contributed by atoms with Crippen LogP contribution in [0.5, 0.6) is 0 Å². The van der Waals surface area contributed by atoms with Gasteiger partial charge in [-0.25, -0.2) is 8.42 Å². The lowest BCUT2D eigenvalue weighted by Crippen LogP contribution is -2.52. The first-order valence-corrected chi connectivity index (χ1v) is 14.0. The number of non-ortho nitro benzene ring substituents is 1. The number of carbonyl (C=O) groups excluding carboxylic acids is 2. The van der Waals surface area contributed by atoms with Crippen molar-refractivity contribution < 1.29 is 22.9 Å². The molecule has 0 fully saturated rings. The molecular weight excluding hydrogens is 520 g/mol. The molecule has 3 aromatic rings. The molecule has 2 amide bonds. The first kappa shape index (κ1) is 29.3. The number of sulfonamides is 1. The molecular formula is C28H32N4O6S. The lowest BCUT2D eigenvalue weighted by atomic mass is 10.1. The number of hydrogen-bond acceptors (Lipinski definition) is 6. The largest absolute Gasteiger partial charge is 0.355 e. The van der Waals surface area contributed by atoms with Gasteiger partial charge in [-0.05, 0) is 49.6 Å². The lowest BCUT2D eigenvalue weighted by molar-refractivity contribution is -0.384. The minimum atomic E-state index is -4.31. The van der Waals surface area contributed by atoms with E-state index in [2.05, 4.69) is 5.32 Å². The van der Waals surface area contributed by atoms with Crippen LogP contribution in [0.2, 0.25) is 0 Å². The van der Waals surface area contributed by atoms with Crippen LogP contribution >= 0.6 is 0 Å². The van der Waals surface area contributed by atoms with Crippen molar-refractivity contribution in [2.24, 2.45) is 0 Å². The molecule has 0 saturated heterocycles. The Morgan fingerprint density at radius 2 is 1.64 bits per heavy atom. The van der Waals surface area contributed by atoms with Crippen molar-refractivity contribution in [2.45, 2.75) is 44.7 Å². The normalized spacial score (nSPS) is 11.9. The summed E-state index contributed by atoms with van der Waals surface area (Å²) in [5.74, 6) is -0.975. The predicted octanol–water partition coefficient (Wildman–Crippen LogP) is 4.04. The number of hydrogen-bond donors (Lipinski definition) is 1. The highest BCUT2D eigenvalue weighted by molar-refractivity contribution is 7.92. The number of benzene rings is 3. The summed E-state index contributed by atoms with van der Waals surface area (Å²) in [5.41, 5.74) is 1.36. The number of anilines is 1. The Morgan fingerprint density at radius 1 is 0.974 bits per heavy atom. The molecule has 0 aliphatic rings. The van der Waals surface area contributed by atoms with Gasteiger partial charge in [0.05, 0.1) is 15.5 Å². The lowest BCUT2D eigenvalue weighted by Gasteiger charge is -2.33. The maximum Gasteiger partial charge on any atom is 0.271 e. The second kappa shape index (κ2) is 13.0. The average Bonchev–Trinajstić information content (AvgIpc) is 2.93. The number of aryl methyl sites for hydroxylation is 1. The smallest absolute Gasteiger partial charge is 0.271 e. The number of nitro groups is 1. The first-order chi connectivity index (χ1) is 18.6. The molecule has 0 spiro atoms. The third-order valence-electron chi connectivity index (χ3n) is 6.28. The maximum absolute atomic E-state index is 14.0. The number of rotatable bonds is 12. The molecule has 206 valence electrons. The molecule has 39 heavy (non-hydrogen) atoms. The predicted molar refractivity (Wildman–Crippen MR) is 149 cm³/mol. The first-order valence-electron chi connectivity index (χ1n) is 12.5. The molecule has 3 aromatic carbocycles. The van der Waals surface area contributed by atoms with Gasteiger partial charge >= 0.3 is 0 Å². The molecule has 0 aliphatic heterocycles. The van der Waals surface area contributed by atoms with Crippen LogP contribution in [-0.2, 0) is 26.2 Å². The van der Waals surface area contributed by atoms with Crippen LogP contribution in [0, 0.1) is 17.0 Å². The van der Waals surface area contributed by atoms with Gasteiger partial charge in [0.1, 0.15) is 12.6 Å². The Morgan fingerprint density at radius 3 is 2.26 bits per heavy atom. The van der Waals surface area contributed by atoms with E-state index >= 15 is 0 Å². The van der Waals surface area contributed by atoms with Crippen molar-refractivity contribution in [1.29, 1.82) is 0 Å². The van der Waals surface area contributed by atoms with Crippen molar-refractivity contribution in [3.63, 3.8) is 0 Å². The fourth-order valence-corrected chi connectivity index (χ4v) is 5.62. The van der Waals surface area contributed by atoms with Crippen LogP contribution in [0.15, 0.2) is 83.8 Å². The summed E-state index contributed by atoms with van der Waals surface area (Å²) in [4.78, 5) is 39.0. The van der Waals surface area contributed by atoms with Crippen LogP contribution < -0.4 is 9.62 Å². The van der Waals surface area contributed by atoms with E-state index in [1.54, 1.807) is 32.0 Å². The summed E-state index contributed by atoms with van der Waals surface area (Å²) in [6.45, 7) is 5.21. The van der Waals surface area contributed by atoms with Crippen molar-refractivity contribution in [1.82, 2.24) is 10.2 Å². The number of carbonyl (C=O) groups is 2. The van der Waals surface area contributed by atoms with E-state index in [0.29, 0.717) is 13.0 Å². The number of nitro benzene ring substituents is 1. The third-order valence-corrected chi connectivity index (χ3v) is 8.07. The summed E-state index contributed by atoms with van der Waals surface area (Å²) >= 11 is 0. The summed E-state index contributed by atoms with van der Waals surface area (Å²) in [5, 5.41) is 14.2. The van der Waals surface area contributed by atoms with Gasteiger partial charge in [-0.3, -0.25) is 24.0 Å². The Kier molecular flexibility index (Phi) is 9.78. The molecule has 0 radical (unpaired) electrons. The second-order valence-electron chi connectivity index (χ2n) is 8.87. The number of likely N-dealkylation sites (N-methyl/N-ethyl adjacent to an activating group) is 1. The SMILES string of the molecule is CCNC(=O)[C@H](CC)N(Cc1ccccc1C)C(=O)CN(c1cccc([N+](=O)[O-])c1)S(=O)(=O)c1ccccc1. The van der Waals surface area contributed by atoms with Gasteiger partial charge in [-0.15, -0.1) is 0 Å². The molecule has 3 rings (SSSR count). The zero-order chi connectivity index (χ0) is 28.6. The van der Waals surface area contributed by atoms with E-state index in [1.807, 2.05) is 31.2 Å². The standard InChI is InChI=1S/C28H32N4O6S/c1-4-26(28(34)29-5-2)30(19-22-13-10-9-12-21(22)3)27(33)20-31(23-14-11-15-24(18-23)32(35)36)39(37,38)25-16-7-6-8-17-25/h6-18,26H,4-5,19-20H2,1-3H3,(H,29,34)/t26-/m0/s1. The molecule has 1 N–H and O–H groups in total. The van der Waals surface area contributed by atoms with E-state index in [0.717, 1.165) is 21.5 Å². The molecule has 10 nitrogen and oxygen atoms in total. The Balaban J connectivity index is 2.10. The van der Waals surface area contributed by atoms with Gasteiger partial charge in [0.25, 0.3) is 15.7 Å². The van der Waals surface area contributed by atoms with Gasteiger partial charge in [-0.2, -0.15) is 0 Å². The molecule has 0 saturated carbocycles. The van der Waals surface area contributed by atoms with Crippen molar-refractivity contribution >= 4 is 33.2 Å². The van der Waals surface area contributed by atoms with Crippen LogP contribution in [0.25, 0.3) is 0 Å². The van der Waals surface area contributed by atoms with Crippen molar-refractivity contribution in [2.75, 3.05) is 17.4 Å². The Labute approximate surface area is 228 Å². The molecule has 0 unspecified atom stereocenters. The Bertz CT molecular complexity index is 1430. The minimum absolute atomic E-state index is 0.0386. The summed E-state index contributed by atoms with van der Waals surface area (Å²) in [6, 6.07) is 19.2. The number of nitrogens with one attached hydrogen (secondary N) is 1. The highest BCUT2D eigenvalue weighted by atomic mass is 32.2. The van der Waals surface area contributed by atoms with E-state index in [-0.39, 0.29) is 28.7 Å². The molecule has 0 heterocycles. The second-order valence-corrected chi connectivity index (χ2v) is 10.7. The highest BCUT2D eigenvalue weighted by Crippen LogP contribution is 2.28. The van der Waals surface area contributed by atoms with Crippen molar-refractivity contribution in [3.05, 3.63) is 100 Å². The van der Waals surface area contributed by atoms with Crippen LogP contribution in [-0.4, -0.2) is 49.2 Å². The molecule has 0 bridgehead atoms. The minimum Gasteiger partial charge on any atom is -0.355 e. The van der Waals surface area contributed by atoms with Gasteiger partial charge in [0, 0.05) is 25.2 Å². The maximum atomic E-state index is 14.0. The van der Waals surface area contributed by atoms with Gasteiger partial charge in [0.15, 0.2) is 0 Å². The summed E-state index contributed by atoms with van der Waals surface area (Å²) in [7, 11) is -4.31. The highest BCUT2D eigenvalue weighted by Gasteiger charge is 2.34. The van der Waals surface area contributed by atoms with Gasteiger partial charge in [0.2, 0.25) is 11.8 Å². The zero-order valence-corrected chi connectivity index (χ0v) is 22.9. The fourth-order valence-electron chi connectivity index (χ4n) is 4.19. The monoisotopic (exact) mass is 552 g/mol. The van der Waals surface area contributed by atoms with Gasteiger partial charge < -0.3 is 10.2 Å². The topological polar surface area (TPSA) is 130 Å². The molecule has 11 heteroatoms. The van der Waals surface area contributed by atoms with Gasteiger partial charge in [-0.1, -0.05) is 55.5 Å². The molecule has 1 atom stereocenters. The Hall–Kier alpha value is -4.25. The molecule has 0 aliphatic carbocycles. The van der Waals surface area contributed by atoms with Crippen LogP contribution in [0.3, 0.4) is 0 Å². The third kappa shape index (κ3) is 6.99. The summed E-state index contributed by atoms with van der Waals surface area (Å²) < 4.78 is 28.4. The zero-order valence-electron chi connectivity index (χ0n) is 22.1. The summed E-state index contributed by atoms with van der Waals surface area (Å²) in [6.07, 6.45) is 0.297. The van der Waals surface area contributed by atoms with Crippen molar-refractivity contribution in [3.8, 4) is 0 Å². The van der Waals surface area contributed by atoms with Crippen LogP contribution in [0.4, 0.5) is 11.4 Å². The number of amides is 2. The molecule has 0 aromatic heterocycles. The number of nitrogens with zero attached hydrogens (tertiary/aromatic N) is 3. The van der Waals surface area contributed by atoms with E-state index < -0.39 is 33.4 Å². The fraction of sp³-hybridized carbons (Fsp3) is 0.286. The van der Waals surface area contributed by atoms with E-state index in [4.69, 9.17) is 0 Å². The van der Waals surface area contributed by atoms with E-state index in [9.17, 15) is 28.1 Å². The quantitative estimate of drug-likeness (QED) is 0.267.